The third-order valence-corrected chi connectivity index (χ3v) is 3.37. The normalized spacial score (nSPS) is 24.3. The molecule has 5 heteroatoms. The molecule has 1 N–H and O–H groups in total. The van der Waals surface area contributed by atoms with E-state index in [0.29, 0.717) is 10.6 Å². The average Bonchev–Trinajstić information content (AvgIpc) is 2.32. The SMILES string of the molecule is CC(C)N1CC(O)C(c2ccccc2Cl)OC1=O. The van der Waals surface area contributed by atoms with Gasteiger partial charge in [0.25, 0.3) is 0 Å². The third-order valence-electron chi connectivity index (χ3n) is 3.03. The summed E-state index contributed by atoms with van der Waals surface area (Å²) >= 11 is 6.05. The van der Waals surface area contributed by atoms with Crippen LogP contribution in [0.4, 0.5) is 4.79 Å². The van der Waals surface area contributed by atoms with Gasteiger partial charge in [-0.25, -0.2) is 4.79 Å². The third kappa shape index (κ3) is 2.44. The Bertz CT molecular complexity index is 450. The van der Waals surface area contributed by atoms with E-state index >= 15 is 0 Å². The van der Waals surface area contributed by atoms with Crippen LogP contribution in [0.15, 0.2) is 24.3 Å². The van der Waals surface area contributed by atoms with Gasteiger partial charge >= 0.3 is 6.09 Å². The number of aliphatic hydroxyl groups is 1. The molecule has 1 aliphatic rings. The fourth-order valence-electron chi connectivity index (χ4n) is 2.02. The number of aliphatic hydroxyl groups excluding tert-OH is 1. The van der Waals surface area contributed by atoms with E-state index in [1.54, 1.807) is 24.3 Å². The van der Waals surface area contributed by atoms with Gasteiger partial charge in [0.2, 0.25) is 0 Å². The van der Waals surface area contributed by atoms with Crippen LogP contribution in [0.25, 0.3) is 0 Å². The van der Waals surface area contributed by atoms with E-state index in [1.807, 2.05) is 13.8 Å². The molecule has 1 heterocycles. The fraction of sp³-hybridized carbons (Fsp3) is 0.462. The van der Waals surface area contributed by atoms with E-state index in [9.17, 15) is 9.90 Å². The molecule has 2 rings (SSSR count). The summed E-state index contributed by atoms with van der Waals surface area (Å²) in [7, 11) is 0. The van der Waals surface area contributed by atoms with Gasteiger partial charge in [0.1, 0.15) is 6.10 Å². The van der Waals surface area contributed by atoms with E-state index in [4.69, 9.17) is 16.3 Å². The first-order chi connectivity index (χ1) is 8.50. The molecule has 0 bridgehead atoms. The fourth-order valence-corrected chi connectivity index (χ4v) is 2.27. The van der Waals surface area contributed by atoms with Crippen molar-refractivity contribution in [3.05, 3.63) is 34.9 Å². The number of cyclic esters (lactones) is 1. The molecule has 1 aliphatic heterocycles. The number of hydrogen-bond acceptors (Lipinski definition) is 3. The Kier molecular flexibility index (Phi) is 3.78. The number of halogens is 1. The number of ether oxygens (including phenoxy) is 1. The Morgan fingerprint density at radius 2 is 2.11 bits per heavy atom. The molecule has 1 aromatic carbocycles. The van der Waals surface area contributed by atoms with Gasteiger partial charge in [-0.05, 0) is 19.9 Å². The molecular formula is C13H16ClNO3. The molecule has 0 radical (unpaired) electrons. The number of nitrogens with zero attached hydrogens (tertiary/aromatic N) is 1. The van der Waals surface area contributed by atoms with Gasteiger partial charge < -0.3 is 14.7 Å². The van der Waals surface area contributed by atoms with Gasteiger partial charge in [-0.2, -0.15) is 0 Å². The van der Waals surface area contributed by atoms with Gasteiger partial charge in [-0.1, -0.05) is 29.8 Å². The molecular weight excluding hydrogens is 254 g/mol. The van der Waals surface area contributed by atoms with Crippen molar-refractivity contribution in [2.75, 3.05) is 6.54 Å². The average molecular weight is 270 g/mol. The Hall–Kier alpha value is -1.26. The zero-order valence-corrected chi connectivity index (χ0v) is 11.1. The first kappa shape index (κ1) is 13.2. The maximum absolute atomic E-state index is 11.8. The molecule has 0 saturated carbocycles. The van der Waals surface area contributed by atoms with Crippen molar-refractivity contribution < 1.29 is 14.6 Å². The van der Waals surface area contributed by atoms with E-state index in [-0.39, 0.29) is 12.6 Å². The van der Waals surface area contributed by atoms with E-state index in [1.165, 1.54) is 4.90 Å². The summed E-state index contributed by atoms with van der Waals surface area (Å²) in [6.45, 7) is 4.01. The van der Waals surface area contributed by atoms with Crippen LogP contribution in [-0.4, -0.2) is 34.8 Å². The number of carbonyl (C=O) groups is 1. The zero-order valence-electron chi connectivity index (χ0n) is 10.3. The van der Waals surface area contributed by atoms with E-state index in [0.717, 1.165) is 0 Å². The molecule has 0 spiro atoms. The lowest BCUT2D eigenvalue weighted by Gasteiger charge is -2.37. The number of β-amino-alcohol motifs (C(OH)–C–C–N with tert-alkyl or cyclic N) is 1. The number of carbonyl (C=O) groups excluding carboxylic acids is 1. The molecule has 2 unspecified atom stereocenters. The number of amides is 1. The largest absolute Gasteiger partial charge is 0.438 e. The maximum atomic E-state index is 11.8. The predicted molar refractivity (Wildman–Crippen MR) is 68.5 cm³/mol. The van der Waals surface area contributed by atoms with Crippen molar-refractivity contribution >= 4 is 17.7 Å². The van der Waals surface area contributed by atoms with E-state index in [2.05, 4.69) is 0 Å². The summed E-state index contributed by atoms with van der Waals surface area (Å²) in [4.78, 5) is 13.3. The van der Waals surface area contributed by atoms with Crippen LogP contribution in [-0.2, 0) is 4.74 Å². The lowest BCUT2D eigenvalue weighted by atomic mass is 10.0. The molecule has 2 atom stereocenters. The van der Waals surface area contributed by atoms with Crippen LogP contribution >= 0.6 is 11.6 Å². The summed E-state index contributed by atoms with van der Waals surface area (Å²) in [6.07, 6.45) is -1.88. The molecule has 1 aromatic rings. The maximum Gasteiger partial charge on any atom is 0.410 e. The second-order valence-corrected chi connectivity index (χ2v) is 5.05. The number of hydrogen-bond donors (Lipinski definition) is 1. The van der Waals surface area contributed by atoms with Crippen molar-refractivity contribution in [1.29, 1.82) is 0 Å². The highest BCUT2D eigenvalue weighted by Gasteiger charge is 2.37. The minimum absolute atomic E-state index is 0.000606. The molecule has 18 heavy (non-hydrogen) atoms. The van der Waals surface area contributed by atoms with Crippen LogP contribution in [0.2, 0.25) is 5.02 Å². The zero-order chi connectivity index (χ0) is 13.3. The summed E-state index contributed by atoms with van der Waals surface area (Å²) < 4.78 is 5.29. The lowest BCUT2D eigenvalue weighted by molar-refractivity contribution is -0.0665. The minimum atomic E-state index is -0.773. The topological polar surface area (TPSA) is 49.8 Å². The van der Waals surface area contributed by atoms with E-state index < -0.39 is 18.3 Å². The summed E-state index contributed by atoms with van der Waals surface area (Å²) in [5.41, 5.74) is 0.642. The first-order valence-electron chi connectivity index (χ1n) is 5.90. The van der Waals surface area contributed by atoms with Gasteiger partial charge in [-0.15, -0.1) is 0 Å². The molecule has 1 fully saturated rings. The molecule has 98 valence electrons. The Morgan fingerprint density at radius 1 is 1.44 bits per heavy atom. The van der Waals surface area contributed by atoms with Crippen LogP contribution < -0.4 is 0 Å². The van der Waals surface area contributed by atoms with Crippen molar-refractivity contribution in [1.82, 2.24) is 4.90 Å². The molecule has 0 aromatic heterocycles. The summed E-state index contributed by atoms with van der Waals surface area (Å²) in [5, 5.41) is 10.6. The Morgan fingerprint density at radius 3 is 2.72 bits per heavy atom. The van der Waals surface area contributed by atoms with Crippen molar-refractivity contribution in [2.24, 2.45) is 0 Å². The number of rotatable bonds is 2. The quantitative estimate of drug-likeness (QED) is 0.898. The first-order valence-corrected chi connectivity index (χ1v) is 6.28. The molecule has 1 saturated heterocycles. The molecule has 0 aliphatic carbocycles. The second kappa shape index (κ2) is 5.16. The summed E-state index contributed by atoms with van der Waals surface area (Å²) in [5.74, 6) is 0. The highest BCUT2D eigenvalue weighted by molar-refractivity contribution is 6.31. The lowest BCUT2D eigenvalue weighted by Crippen LogP contribution is -2.50. The van der Waals surface area contributed by atoms with Gasteiger partial charge in [0, 0.05) is 16.6 Å². The second-order valence-electron chi connectivity index (χ2n) is 4.64. The highest BCUT2D eigenvalue weighted by atomic mass is 35.5. The summed E-state index contributed by atoms with van der Waals surface area (Å²) in [6, 6.07) is 7.07. The van der Waals surface area contributed by atoms with Crippen LogP contribution in [0.1, 0.15) is 25.5 Å². The molecule has 1 amide bonds. The Labute approximate surface area is 111 Å². The predicted octanol–water partition coefficient (Wildman–Crippen LogP) is 2.60. The highest BCUT2D eigenvalue weighted by Crippen LogP contribution is 2.32. The van der Waals surface area contributed by atoms with Crippen molar-refractivity contribution in [2.45, 2.75) is 32.1 Å². The van der Waals surface area contributed by atoms with Gasteiger partial charge in [0.15, 0.2) is 6.10 Å². The smallest absolute Gasteiger partial charge is 0.410 e. The molecule has 4 nitrogen and oxygen atoms in total. The van der Waals surface area contributed by atoms with Crippen LogP contribution in [0.5, 0.6) is 0 Å². The van der Waals surface area contributed by atoms with Gasteiger partial charge in [0.05, 0.1) is 6.54 Å². The van der Waals surface area contributed by atoms with Crippen LogP contribution in [0.3, 0.4) is 0 Å². The monoisotopic (exact) mass is 269 g/mol. The Balaban J connectivity index is 2.23. The van der Waals surface area contributed by atoms with Crippen molar-refractivity contribution in [3.63, 3.8) is 0 Å². The van der Waals surface area contributed by atoms with Gasteiger partial charge in [-0.3, -0.25) is 0 Å². The standard InChI is InChI=1S/C13H16ClNO3/c1-8(2)15-7-11(16)12(18-13(15)17)9-5-3-4-6-10(9)14/h3-6,8,11-12,16H,7H2,1-2H3. The van der Waals surface area contributed by atoms with Crippen molar-refractivity contribution in [3.8, 4) is 0 Å². The number of benzene rings is 1. The van der Waals surface area contributed by atoms with Crippen LogP contribution in [0, 0.1) is 0 Å². The minimum Gasteiger partial charge on any atom is -0.438 e.